The van der Waals surface area contributed by atoms with Gasteiger partial charge in [-0.15, -0.1) is 0 Å². The Morgan fingerprint density at radius 3 is 2.00 bits per heavy atom. The highest BCUT2D eigenvalue weighted by atomic mass is 19.1. The van der Waals surface area contributed by atoms with Gasteiger partial charge in [-0.3, -0.25) is 5.43 Å². The average Bonchev–Trinajstić information content (AvgIpc) is 2.63. The topological polar surface area (TPSA) is 33.6 Å². The molecular formula is C20H17FN2O. The van der Waals surface area contributed by atoms with Gasteiger partial charge in [-0.2, -0.15) is 5.10 Å². The number of nitrogens with zero attached hydrogens (tertiary/aromatic N) is 1. The number of rotatable bonds is 5. The molecule has 0 aliphatic heterocycles. The van der Waals surface area contributed by atoms with Crippen molar-refractivity contribution in [3.05, 3.63) is 95.8 Å². The van der Waals surface area contributed by atoms with Crippen LogP contribution in [0.5, 0.6) is 5.75 Å². The smallest absolute Gasteiger partial charge is 0.129 e. The number of ether oxygens (including phenoxy) is 1. The number of anilines is 1. The van der Waals surface area contributed by atoms with Crippen LogP contribution in [0.2, 0.25) is 0 Å². The second-order valence-corrected chi connectivity index (χ2v) is 5.18. The van der Waals surface area contributed by atoms with Crippen molar-refractivity contribution in [3.8, 4) is 5.75 Å². The van der Waals surface area contributed by atoms with Gasteiger partial charge in [0.25, 0.3) is 0 Å². The fourth-order valence-corrected chi connectivity index (χ4v) is 2.35. The first-order valence-corrected chi connectivity index (χ1v) is 7.55. The average molecular weight is 320 g/mol. The summed E-state index contributed by atoms with van der Waals surface area (Å²) in [6, 6.07) is 24.1. The molecule has 0 amide bonds. The Bertz CT molecular complexity index is 791. The van der Waals surface area contributed by atoms with Gasteiger partial charge in [-0.25, -0.2) is 4.39 Å². The van der Waals surface area contributed by atoms with Crippen molar-refractivity contribution in [1.29, 1.82) is 0 Å². The fourth-order valence-electron chi connectivity index (χ4n) is 2.35. The minimum Gasteiger partial charge on any atom is -0.497 e. The molecule has 0 atom stereocenters. The van der Waals surface area contributed by atoms with Crippen LogP contribution in [0.4, 0.5) is 10.1 Å². The van der Waals surface area contributed by atoms with Gasteiger partial charge < -0.3 is 4.74 Å². The molecule has 0 bridgehead atoms. The molecule has 0 aromatic heterocycles. The number of methoxy groups -OCH3 is 1. The van der Waals surface area contributed by atoms with Crippen LogP contribution in [0.1, 0.15) is 11.1 Å². The van der Waals surface area contributed by atoms with E-state index in [1.807, 2.05) is 60.7 Å². The molecule has 0 heterocycles. The first-order chi connectivity index (χ1) is 11.8. The van der Waals surface area contributed by atoms with Crippen molar-refractivity contribution < 1.29 is 9.13 Å². The molecule has 3 aromatic carbocycles. The van der Waals surface area contributed by atoms with Gasteiger partial charge in [0, 0.05) is 23.3 Å². The van der Waals surface area contributed by atoms with Gasteiger partial charge in [0.15, 0.2) is 0 Å². The van der Waals surface area contributed by atoms with Crippen LogP contribution < -0.4 is 10.2 Å². The van der Waals surface area contributed by atoms with Crippen LogP contribution in [-0.4, -0.2) is 12.8 Å². The second-order valence-electron chi connectivity index (χ2n) is 5.18. The van der Waals surface area contributed by atoms with Crippen molar-refractivity contribution in [2.24, 2.45) is 5.10 Å². The van der Waals surface area contributed by atoms with E-state index in [0.29, 0.717) is 11.4 Å². The number of hydrazone groups is 1. The molecule has 0 spiro atoms. The van der Waals surface area contributed by atoms with Crippen LogP contribution in [0.3, 0.4) is 0 Å². The second kappa shape index (κ2) is 7.42. The molecule has 3 nitrogen and oxygen atoms in total. The highest BCUT2D eigenvalue weighted by Gasteiger charge is 2.07. The lowest BCUT2D eigenvalue weighted by atomic mass is 10.0. The predicted molar refractivity (Wildman–Crippen MR) is 95.1 cm³/mol. The van der Waals surface area contributed by atoms with Gasteiger partial charge in [0.1, 0.15) is 11.6 Å². The lowest BCUT2D eigenvalue weighted by molar-refractivity contribution is 0.411. The van der Waals surface area contributed by atoms with Crippen LogP contribution in [0.15, 0.2) is 84.0 Å². The quantitative estimate of drug-likeness (QED) is 0.546. The summed E-state index contributed by atoms with van der Waals surface area (Å²) in [5, 5.41) is 4.50. The molecule has 0 saturated carbocycles. The minimum absolute atomic E-state index is 0.381. The number of hydrogen-bond donors (Lipinski definition) is 1. The van der Waals surface area contributed by atoms with Gasteiger partial charge in [-0.1, -0.05) is 60.7 Å². The normalized spacial score (nSPS) is 10.1. The van der Waals surface area contributed by atoms with Crippen molar-refractivity contribution >= 4 is 11.4 Å². The standard InChI is InChI=1S/C20H17FN2O/c1-24-19-13-17(21)12-18(14-19)22-23-20(15-8-4-2-5-9-15)16-10-6-3-7-11-16/h2-14,22H,1H3. The number of hydrogen-bond acceptors (Lipinski definition) is 3. The maximum atomic E-state index is 13.6. The molecule has 0 unspecified atom stereocenters. The van der Waals surface area contributed by atoms with Gasteiger partial charge >= 0.3 is 0 Å². The molecule has 4 heteroatoms. The highest BCUT2D eigenvalue weighted by Crippen LogP contribution is 2.20. The number of halogens is 1. The lowest BCUT2D eigenvalue weighted by Gasteiger charge is -2.09. The number of nitrogens with one attached hydrogen (secondary N) is 1. The zero-order valence-electron chi connectivity index (χ0n) is 13.2. The third-order valence-electron chi connectivity index (χ3n) is 3.50. The van der Waals surface area contributed by atoms with Crippen LogP contribution in [0.25, 0.3) is 0 Å². The van der Waals surface area contributed by atoms with E-state index >= 15 is 0 Å². The van der Waals surface area contributed by atoms with Crippen molar-refractivity contribution in [3.63, 3.8) is 0 Å². The molecule has 1 N–H and O–H groups in total. The Balaban J connectivity index is 1.97. The third-order valence-corrected chi connectivity index (χ3v) is 3.50. The van der Waals surface area contributed by atoms with E-state index in [1.165, 1.54) is 19.2 Å². The predicted octanol–water partition coefficient (Wildman–Crippen LogP) is 4.70. The zero-order chi connectivity index (χ0) is 16.8. The summed E-state index contributed by atoms with van der Waals surface area (Å²) >= 11 is 0. The molecule has 24 heavy (non-hydrogen) atoms. The molecule has 0 aliphatic carbocycles. The van der Waals surface area contributed by atoms with E-state index < -0.39 is 0 Å². The summed E-state index contributed by atoms with van der Waals surface area (Å²) in [6.45, 7) is 0. The molecule has 3 aromatic rings. The van der Waals surface area contributed by atoms with E-state index in [2.05, 4.69) is 10.5 Å². The van der Waals surface area contributed by atoms with Crippen LogP contribution >= 0.6 is 0 Å². The van der Waals surface area contributed by atoms with Crippen LogP contribution in [0, 0.1) is 5.82 Å². The molecular weight excluding hydrogens is 303 g/mol. The minimum atomic E-state index is -0.381. The first kappa shape index (κ1) is 15.7. The Labute approximate surface area is 140 Å². The summed E-state index contributed by atoms with van der Waals surface area (Å²) < 4.78 is 18.7. The molecule has 0 radical (unpaired) electrons. The summed E-state index contributed by atoms with van der Waals surface area (Å²) in [5.74, 6) is 0.0571. The molecule has 3 rings (SSSR count). The highest BCUT2D eigenvalue weighted by molar-refractivity contribution is 6.13. The van der Waals surface area contributed by atoms with Gasteiger partial charge in [-0.05, 0) is 6.07 Å². The third kappa shape index (κ3) is 3.79. The van der Waals surface area contributed by atoms with Crippen molar-refractivity contribution in [2.45, 2.75) is 0 Å². The summed E-state index contributed by atoms with van der Waals surface area (Å²) in [7, 11) is 1.50. The SMILES string of the molecule is COc1cc(F)cc(NN=C(c2ccccc2)c2ccccc2)c1. The molecule has 0 aliphatic rings. The van der Waals surface area contributed by atoms with E-state index in [-0.39, 0.29) is 5.82 Å². The maximum Gasteiger partial charge on any atom is 0.129 e. The van der Waals surface area contributed by atoms with Gasteiger partial charge in [0.2, 0.25) is 0 Å². The first-order valence-electron chi connectivity index (χ1n) is 7.55. The van der Waals surface area contributed by atoms with Crippen LogP contribution in [-0.2, 0) is 0 Å². The zero-order valence-corrected chi connectivity index (χ0v) is 13.2. The summed E-state index contributed by atoms with van der Waals surface area (Å²) in [5.41, 5.74) is 6.17. The molecule has 120 valence electrons. The van der Waals surface area contributed by atoms with Crippen molar-refractivity contribution in [2.75, 3.05) is 12.5 Å². The maximum absolute atomic E-state index is 13.6. The fraction of sp³-hybridized carbons (Fsp3) is 0.0500. The van der Waals surface area contributed by atoms with Gasteiger partial charge in [0.05, 0.1) is 18.5 Å². The largest absolute Gasteiger partial charge is 0.497 e. The van der Waals surface area contributed by atoms with E-state index in [0.717, 1.165) is 16.8 Å². The molecule has 0 fully saturated rings. The lowest BCUT2D eigenvalue weighted by Crippen LogP contribution is -2.06. The Morgan fingerprint density at radius 1 is 0.875 bits per heavy atom. The number of benzene rings is 3. The Kier molecular flexibility index (Phi) is 4.87. The van der Waals surface area contributed by atoms with E-state index in [1.54, 1.807) is 6.07 Å². The summed E-state index contributed by atoms with van der Waals surface area (Å²) in [4.78, 5) is 0. The van der Waals surface area contributed by atoms with E-state index in [9.17, 15) is 4.39 Å². The Hall–Kier alpha value is -3.14. The van der Waals surface area contributed by atoms with Crippen molar-refractivity contribution in [1.82, 2.24) is 0 Å². The summed E-state index contributed by atoms with van der Waals surface area (Å²) in [6.07, 6.45) is 0. The molecule has 0 saturated heterocycles. The monoisotopic (exact) mass is 320 g/mol. The Morgan fingerprint density at radius 2 is 1.46 bits per heavy atom. The van der Waals surface area contributed by atoms with E-state index in [4.69, 9.17) is 4.74 Å².